The zero-order chi connectivity index (χ0) is 76.7. The molecule has 0 atom stereocenters. The first kappa shape index (κ1) is 76.9. The van der Waals surface area contributed by atoms with E-state index in [4.69, 9.17) is 0 Å². The lowest BCUT2D eigenvalue weighted by molar-refractivity contribution is 0.660. The molecule has 0 unspecified atom stereocenters. The van der Waals surface area contributed by atoms with Gasteiger partial charge in [-0.15, -0.1) is 0 Å². The molecule has 0 spiro atoms. The molecule has 0 heteroatoms. The molecule has 0 saturated carbocycles. The number of fused-ring (bicyclic) bond motifs is 8. The van der Waals surface area contributed by atoms with E-state index in [1.807, 2.05) is 36.4 Å². The summed E-state index contributed by atoms with van der Waals surface area (Å²) in [7, 11) is 0. The van der Waals surface area contributed by atoms with Crippen LogP contribution >= 0.6 is 0 Å². The van der Waals surface area contributed by atoms with Gasteiger partial charge in [-0.2, -0.15) is 0 Å². The second-order valence-corrected chi connectivity index (χ2v) is 29.2. The van der Waals surface area contributed by atoms with Crippen LogP contribution in [0.5, 0.6) is 0 Å². The van der Waals surface area contributed by atoms with Crippen LogP contribution in [0.15, 0.2) is 425 Å². The highest BCUT2D eigenvalue weighted by Crippen LogP contribution is 2.56. The molecular weight excluding hydrogens is 1320 g/mol. The van der Waals surface area contributed by atoms with Crippen LogP contribution in [-0.2, 0) is 10.8 Å². The molecule has 110 heavy (non-hydrogen) atoms. The van der Waals surface area contributed by atoms with Crippen LogP contribution in [0.4, 0.5) is 0 Å². The first-order valence-electron chi connectivity index (χ1n) is 38.5. The fourth-order valence-corrected chi connectivity index (χ4v) is 15.0. The highest BCUT2D eigenvalue weighted by Gasteiger charge is 2.46. The zero-order valence-electron chi connectivity index (χ0n) is 65.4. The Labute approximate surface area is 655 Å². The van der Waals surface area contributed by atoms with Crippen molar-refractivity contribution in [2.75, 3.05) is 0 Å². The molecule has 0 radical (unpaired) electrons. The molecule has 0 N–H and O–H groups in total. The third-order valence-corrected chi connectivity index (χ3v) is 20.7. The van der Waals surface area contributed by atoms with E-state index in [9.17, 15) is 0 Å². The summed E-state index contributed by atoms with van der Waals surface area (Å²) >= 11 is 0. The minimum absolute atomic E-state index is 0.151. The predicted octanol–water partition coefficient (Wildman–Crippen LogP) is 29.9. The molecule has 540 valence electrons. The highest BCUT2D eigenvalue weighted by atomic mass is 14.5. The monoisotopic (exact) mass is 1420 g/mol. The molecule has 17 aromatic rings. The maximum Gasteiger partial charge on any atom is 0.0713 e. The Bertz CT molecular complexity index is 5690. The first-order valence-corrected chi connectivity index (χ1v) is 38.5. The second-order valence-electron chi connectivity index (χ2n) is 29.2. The van der Waals surface area contributed by atoms with E-state index in [1.165, 1.54) is 155 Å². The minimum atomic E-state index is -0.263. The Morgan fingerprint density at radius 1 is 0.173 bits per heavy atom. The number of hydrogen-bond acceptors (Lipinski definition) is 0. The largest absolute Gasteiger partial charge is 0.0713 e. The van der Waals surface area contributed by atoms with Crippen LogP contribution in [0.3, 0.4) is 0 Å². The smallest absolute Gasteiger partial charge is 0.0622 e. The summed E-state index contributed by atoms with van der Waals surface area (Å²) in [6.45, 7) is 21.7. The molecule has 0 bridgehead atoms. The molecule has 0 heterocycles. The zero-order valence-corrected chi connectivity index (χ0v) is 65.4. The van der Waals surface area contributed by atoms with Crippen LogP contribution in [-0.4, -0.2) is 0 Å². The quantitative estimate of drug-likeness (QED) is 0.161. The fourth-order valence-electron chi connectivity index (χ4n) is 15.0. The van der Waals surface area contributed by atoms with E-state index < -0.39 is 0 Å². The van der Waals surface area contributed by atoms with Gasteiger partial charge in [0.25, 0.3) is 0 Å². The second kappa shape index (κ2) is 37.2. The fraction of sp³-hybridized carbons (Fsp3) is 0.109. The molecule has 2 aliphatic carbocycles. The Morgan fingerprint density at radius 3 is 1.07 bits per heavy atom. The number of rotatable bonds is 5. The third kappa shape index (κ3) is 19.0. The van der Waals surface area contributed by atoms with Gasteiger partial charge in [-0.1, -0.05) is 472 Å². The van der Waals surface area contributed by atoms with Crippen molar-refractivity contribution >= 4 is 21.5 Å². The van der Waals surface area contributed by atoms with Crippen molar-refractivity contribution in [3.8, 4) is 55.6 Å². The third-order valence-electron chi connectivity index (χ3n) is 20.7. The van der Waals surface area contributed by atoms with Crippen molar-refractivity contribution in [1.82, 2.24) is 0 Å². The average Bonchev–Trinajstić information content (AvgIpc) is 1.54. The Morgan fingerprint density at radius 2 is 0.518 bits per heavy atom. The lowest BCUT2D eigenvalue weighted by Gasteiger charge is -2.34. The van der Waals surface area contributed by atoms with Crippen LogP contribution < -0.4 is 0 Å². The van der Waals surface area contributed by atoms with Crippen molar-refractivity contribution in [2.45, 2.75) is 80.1 Å². The Kier molecular flexibility index (Phi) is 26.0. The van der Waals surface area contributed by atoms with Crippen molar-refractivity contribution in [3.05, 3.63) is 503 Å². The molecule has 19 rings (SSSR count). The van der Waals surface area contributed by atoms with Crippen LogP contribution in [0.2, 0.25) is 0 Å². The standard InChI is InChI=1S/C26H20.C16H16.3C13H12.2C11H10.C7H8/c1-19-16-17-23-22-14-8-9-15-24(22)26(25(23)18-19,20-10-4-2-5-11-20)21-12-6-3-7-13-21;1-11-8-9-13-12-6-4-5-7-14(12)16(2,3)15(13)10-11;1-11-7-5-6-10-13(11)12-8-3-2-4-9-12;1-11-6-5-9-13(10-11)12-7-3-2-4-8-12;1-11-7-9-13(10-8-11)12-5-3-2-4-6-12;1-9-5-4-7-10-6-2-3-8-11(9)10;1-9-6-7-10-4-2-3-5-11(10)8-9;1-7-5-3-2-4-6-7/h2-18H,1H3;4-10H,1-3H3;3*2-10H,1H3;2*2-8H,1H3;2-6H,1H3. The normalized spacial score (nSPS) is 11.7. The average molecular weight is 1420 g/mol. The van der Waals surface area contributed by atoms with Gasteiger partial charge < -0.3 is 0 Å². The number of aryl methyl sites for hydroxylation is 8. The molecule has 0 nitrogen and oxygen atoms in total. The van der Waals surface area contributed by atoms with Crippen LogP contribution in [0.1, 0.15) is 91.7 Å². The van der Waals surface area contributed by atoms with E-state index in [-0.39, 0.29) is 10.8 Å². The molecule has 0 aromatic heterocycles. The SMILES string of the molecule is Cc1ccc(-c2ccccc2)cc1.Cc1ccc2c(c1)C(C)(C)c1ccccc1-2.Cc1ccc2c(c1)C(c1ccccc1)(c1ccccc1)c1ccccc1-2.Cc1ccc2ccccc2c1.Cc1cccc(-c2ccccc2)c1.Cc1cccc2ccccc12.Cc1ccccc1.Cc1ccccc1-c1ccccc1. The van der Waals surface area contributed by atoms with E-state index in [0.29, 0.717) is 0 Å². The molecule has 0 aliphatic heterocycles. The Balaban J connectivity index is 0.000000120. The van der Waals surface area contributed by atoms with Crippen molar-refractivity contribution in [3.63, 3.8) is 0 Å². The van der Waals surface area contributed by atoms with Crippen molar-refractivity contribution in [2.24, 2.45) is 0 Å². The molecule has 0 fully saturated rings. The number of benzene rings is 17. The van der Waals surface area contributed by atoms with Gasteiger partial charge in [-0.25, -0.2) is 0 Å². The summed E-state index contributed by atoms with van der Waals surface area (Å²) in [6, 6.07) is 150. The van der Waals surface area contributed by atoms with Gasteiger partial charge in [-0.3, -0.25) is 0 Å². The lowest BCUT2D eigenvalue weighted by Crippen LogP contribution is -2.28. The number of hydrogen-bond donors (Lipinski definition) is 0. The maximum atomic E-state index is 2.37. The van der Waals surface area contributed by atoms with Gasteiger partial charge in [0.05, 0.1) is 5.41 Å². The summed E-state index contributed by atoms with van der Waals surface area (Å²) in [5, 5.41) is 5.33. The highest BCUT2D eigenvalue weighted by molar-refractivity contribution is 5.88. The van der Waals surface area contributed by atoms with Crippen LogP contribution in [0.25, 0.3) is 77.2 Å². The predicted molar refractivity (Wildman–Crippen MR) is 476 cm³/mol. The van der Waals surface area contributed by atoms with E-state index >= 15 is 0 Å². The first-order chi connectivity index (χ1) is 53.6. The summed E-state index contributed by atoms with van der Waals surface area (Å²) in [5.41, 5.74) is 32.0. The van der Waals surface area contributed by atoms with Crippen molar-refractivity contribution in [1.29, 1.82) is 0 Å². The molecule has 0 saturated heterocycles. The molecular formula is C110H100. The summed E-state index contributed by atoms with van der Waals surface area (Å²) in [6.07, 6.45) is 0. The van der Waals surface area contributed by atoms with E-state index in [0.717, 1.165) is 0 Å². The maximum absolute atomic E-state index is 2.37. The minimum Gasteiger partial charge on any atom is -0.0622 e. The summed E-state index contributed by atoms with van der Waals surface area (Å²) in [5.74, 6) is 0. The van der Waals surface area contributed by atoms with E-state index in [1.54, 1.807) is 0 Å². The van der Waals surface area contributed by atoms with Crippen LogP contribution in [0, 0.1) is 55.4 Å². The molecule has 0 amide bonds. The summed E-state index contributed by atoms with van der Waals surface area (Å²) < 4.78 is 0. The lowest BCUT2D eigenvalue weighted by atomic mass is 9.67. The van der Waals surface area contributed by atoms with Gasteiger partial charge >= 0.3 is 0 Å². The van der Waals surface area contributed by atoms with Gasteiger partial charge in [0, 0.05) is 5.41 Å². The summed E-state index contributed by atoms with van der Waals surface area (Å²) in [4.78, 5) is 0. The van der Waals surface area contributed by atoms with E-state index in [2.05, 4.69) is 457 Å². The van der Waals surface area contributed by atoms with Crippen molar-refractivity contribution < 1.29 is 0 Å². The van der Waals surface area contributed by atoms with Gasteiger partial charge in [-0.05, 0) is 177 Å². The molecule has 17 aromatic carbocycles. The van der Waals surface area contributed by atoms with Gasteiger partial charge in [0.15, 0.2) is 0 Å². The van der Waals surface area contributed by atoms with Gasteiger partial charge in [0.2, 0.25) is 0 Å². The topological polar surface area (TPSA) is 0 Å². The van der Waals surface area contributed by atoms with Gasteiger partial charge in [0.1, 0.15) is 0 Å². The Hall–Kier alpha value is -12.7. The molecule has 2 aliphatic rings.